The van der Waals surface area contributed by atoms with Gasteiger partial charge in [0.15, 0.2) is 0 Å². The molecule has 0 N–H and O–H groups in total. The first kappa shape index (κ1) is 29.7. The van der Waals surface area contributed by atoms with Gasteiger partial charge in [0.05, 0.1) is 13.2 Å². The largest absolute Gasteiger partial charge is 0.464 e. The Kier molecular flexibility index (Phi) is 16.6. The number of nitrogens with zero attached hydrogens (tertiary/aromatic N) is 1. The minimum Gasteiger partial charge on any atom is -0.464 e. The highest BCUT2D eigenvalue weighted by Gasteiger charge is 2.32. The summed E-state index contributed by atoms with van der Waals surface area (Å²) < 4.78 is 10.8. The van der Waals surface area contributed by atoms with E-state index in [-0.39, 0.29) is 17.3 Å². The number of amides is 1. The van der Waals surface area contributed by atoms with Gasteiger partial charge in [-0.2, -0.15) is 0 Å². The molecule has 5 heteroatoms. The van der Waals surface area contributed by atoms with Gasteiger partial charge in [-0.05, 0) is 17.8 Å². The Morgan fingerprint density at radius 1 is 0.774 bits per heavy atom. The second kappa shape index (κ2) is 17.3. The quantitative estimate of drug-likeness (QED) is 0.175. The van der Waals surface area contributed by atoms with Crippen LogP contribution in [0, 0.1) is 11.3 Å². The van der Waals surface area contributed by atoms with E-state index in [1.165, 1.54) is 69.1 Å². The van der Waals surface area contributed by atoms with E-state index in [0.717, 1.165) is 12.8 Å². The number of rotatable bonds is 17. The van der Waals surface area contributed by atoms with Crippen LogP contribution >= 0.6 is 0 Å². The Labute approximate surface area is 192 Å². The van der Waals surface area contributed by atoms with Gasteiger partial charge in [-0.25, -0.2) is 9.59 Å². The van der Waals surface area contributed by atoms with Crippen molar-refractivity contribution in [3.63, 3.8) is 0 Å². The molecule has 1 unspecified atom stereocenters. The summed E-state index contributed by atoms with van der Waals surface area (Å²) in [7, 11) is 1.61. The zero-order valence-corrected chi connectivity index (χ0v) is 21.6. The van der Waals surface area contributed by atoms with E-state index in [1.54, 1.807) is 7.05 Å². The van der Waals surface area contributed by atoms with Crippen molar-refractivity contribution in [2.45, 2.75) is 125 Å². The summed E-state index contributed by atoms with van der Waals surface area (Å²) in [6, 6.07) is -0.621. The van der Waals surface area contributed by atoms with Crippen LogP contribution in [0.25, 0.3) is 0 Å². The lowest BCUT2D eigenvalue weighted by Gasteiger charge is -2.29. The van der Waals surface area contributed by atoms with Gasteiger partial charge < -0.3 is 9.47 Å². The summed E-state index contributed by atoms with van der Waals surface area (Å²) in [5, 5.41) is 0. The molecule has 0 saturated heterocycles. The molecule has 184 valence electrons. The topological polar surface area (TPSA) is 55.8 Å². The number of unbranched alkanes of at least 4 members (excludes halogenated alkanes) is 11. The molecule has 0 aliphatic rings. The smallest absolute Gasteiger partial charge is 0.410 e. The van der Waals surface area contributed by atoms with Gasteiger partial charge in [-0.3, -0.25) is 4.90 Å². The van der Waals surface area contributed by atoms with Gasteiger partial charge in [0.2, 0.25) is 0 Å². The monoisotopic (exact) mass is 441 g/mol. The average molecular weight is 442 g/mol. The fourth-order valence-electron chi connectivity index (χ4n) is 3.57. The summed E-state index contributed by atoms with van der Waals surface area (Å²) in [5.74, 6) is -0.380. The molecule has 0 rings (SSSR count). The van der Waals surface area contributed by atoms with E-state index in [2.05, 4.69) is 6.92 Å². The lowest BCUT2D eigenvalue weighted by Crippen LogP contribution is -2.47. The highest BCUT2D eigenvalue weighted by atomic mass is 16.6. The zero-order valence-electron chi connectivity index (χ0n) is 21.6. The molecule has 31 heavy (non-hydrogen) atoms. The Hall–Kier alpha value is -1.26. The highest BCUT2D eigenvalue weighted by molar-refractivity contribution is 5.81. The van der Waals surface area contributed by atoms with Gasteiger partial charge >= 0.3 is 12.1 Å². The van der Waals surface area contributed by atoms with Gasteiger partial charge in [-0.1, -0.05) is 112 Å². The average Bonchev–Trinajstić information content (AvgIpc) is 2.68. The van der Waals surface area contributed by atoms with Crippen LogP contribution in [0.2, 0.25) is 0 Å². The van der Waals surface area contributed by atoms with Crippen LogP contribution in [0.3, 0.4) is 0 Å². The molecule has 0 bridgehead atoms. The molecule has 5 nitrogen and oxygen atoms in total. The van der Waals surface area contributed by atoms with E-state index in [1.807, 2.05) is 34.6 Å². The van der Waals surface area contributed by atoms with E-state index in [4.69, 9.17) is 9.47 Å². The van der Waals surface area contributed by atoms with Crippen molar-refractivity contribution >= 4 is 12.1 Å². The molecule has 0 aliphatic heterocycles. The van der Waals surface area contributed by atoms with E-state index >= 15 is 0 Å². The molecule has 0 radical (unpaired) electrons. The van der Waals surface area contributed by atoms with Crippen LogP contribution in [0.5, 0.6) is 0 Å². The SMILES string of the molecule is CCCCCCCCCCCCCCOC(=O)C(C(C)C)N(C)C(=O)OCC(C)(C)C. The van der Waals surface area contributed by atoms with E-state index in [9.17, 15) is 9.59 Å². The second-order valence-electron chi connectivity index (χ2n) is 10.5. The number of likely N-dealkylation sites (N-methyl/N-ethyl adjacent to an activating group) is 1. The van der Waals surface area contributed by atoms with Crippen molar-refractivity contribution in [3.05, 3.63) is 0 Å². The molecule has 0 spiro atoms. The Bertz CT molecular complexity index is 471. The fraction of sp³-hybridized carbons (Fsp3) is 0.923. The first-order valence-electron chi connectivity index (χ1n) is 12.7. The lowest BCUT2D eigenvalue weighted by atomic mass is 9.99. The van der Waals surface area contributed by atoms with Crippen LogP contribution in [0.1, 0.15) is 119 Å². The van der Waals surface area contributed by atoms with Crippen LogP contribution in [0.15, 0.2) is 0 Å². The normalized spacial score (nSPS) is 12.6. The van der Waals surface area contributed by atoms with Crippen LogP contribution in [-0.2, 0) is 14.3 Å². The Morgan fingerprint density at radius 3 is 1.65 bits per heavy atom. The third kappa shape index (κ3) is 16.1. The maximum atomic E-state index is 12.6. The van der Waals surface area contributed by atoms with Gasteiger partial charge in [0.1, 0.15) is 6.04 Å². The van der Waals surface area contributed by atoms with Crippen LogP contribution in [0.4, 0.5) is 4.79 Å². The summed E-state index contributed by atoms with van der Waals surface area (Å²) in [6.45, 7) is 12.8. The maximum absolute atomic E-state index is 12.6. The molecule has 0 aliphatic carbocycles. The van der Waals surface area contributed by atoms with Crippen molar-refractivity contribution in [2.24, 2.45) is 11.3 Å². The van der Waals surface area contributed by atoms with Crippen molar-refractivity contribution in [1.29, 1.82) is 0 Å². The maximum Gasteiger partial charge on any atom is 0.410 e. The minimum atomic E-state index is -0.621. The minimum absolute atomic E-state index is 0.0401. The van der Waals surface area contributed by atoms with E-state index in [0.29, 0.717) is 13.2 Å². The molecule has 1 atom stereocenters. The predicted molar refractivity (Wildman–Crippen MR) is 129 cm³/mol. The molecule has 1 amide bonds. The van der Waals surface area contributed by atoms with Crippen LogP contribution < -0.4 is 0 Å². The Balaban J connectivity index is 3.97. The third-order valence-corrected chi connectivity index (χ3v) is 5.45. The summed E-state index contributed by atoms with van der Waals surface area (Å²) in [5.41, 5.74) is -0.112. The van der Waals surface area contributed by atoms with Crippen molar-refractivity contribution < 1.29 is 19.1 Å². The predicted octanol–water partition coefficient (Wildman–Crippen LogP) is 7.37. The summed E-state index contributed by atoms with van der Waals surface area (Å²) in [4.78, 5) is 26.3. The molecule has 0 saturated carbocycles. The molecule has 0 fully saturated rings. The van der Waals surface area contributed by atoms with Crippen molar-refractivity contribution in [3.8, 4) is 0 Å². The fourth-order valence-corrected chi connectivity index (χ4v) is 3.57. The second-order valence-corrected chi connectivity index (χ2v) is 10.5. The number of hydrogen-bond acceptors (Lipinski definition) is 4. The molecule has 0 heterocycles. The molecular formula is C26H51NO4. The molecule has 0 aromatic rings. The van der Waals surface area contributed by atoms with E-state index < -0.39 is 12.1 Å². The Morgan fingerprint density at radius 2 is 1.23 bits per heavy atom. The molecule has 0 aromatic heterocycles. The van der Waals surface area contributed by atoms with Crippen molar-refractivity contribution in [2.75, 3.05) is 20.3 Å². The first-order chi connectivity index (χ1) is 14.6. The summed E-state index contributed by atoms with van der Waals surface area (Å²) >= 11 is 0. The zero-order chi connectivity index (χ0) is 23.7. The number of hydrogen-bond donors (Lipinski definition) is 0. The standard InChI is InChI=1S/C26H51NO4/c1-8-9-10-11-12-13-14-15-16-17-18-19-20-30-24(28)23(22(2)3)27(7)25(29)31-21-26(4,5)6/h22-23H,8-21H2,1-7H3. The first-order valence-corrected chi connectivity index (χ1v) is 12.7. The number of carbonyl (C=O) groups excluding carboxylic acids is 2. The number of esters is 1. The van der Waals surface area contributed by atoms with Gasteiger partial charge in [0.25, 0.3) is 0 Å². The third-order valence-electron chi connectivity index (χ3n) is 5.45. The lowest BCUT2D eigenvalue weighted by molar-refractivity contribution is -0.150. The molecular weight excluding hydrogens is 390 g/mol. The molecule has 0 aromatic carbocycles. The van der Waals surface area contributed by atoms with Gasteiger partial charge in [0, 0.05) is 7.05 Å². The number of ether oxygens (including phenoxy) is 2. The van der Waals surface area contributed by atoms with Crippen LogP contribution in [-0.4, -0.2) is 43.3 Å². The van der Waals surface area contributed by atoms with Gasteiger partial charge in [-0.15, -0.1) is 0 Å². The van der Waals surface area contributed by atoms with Crippen molar-refractivity contribution in [1.82, 2.24) is 4.90 Å². The highest BCUT2D eigenvalue weighted by Crippen LogP contribution is 2.17. The summed E-state index contributed by atoms with van der Waals surface area (Å²) in [6.07, 6.45) is 14.8. The number of carbonyl (C=O) groups is 2.